The minimum absolute atomic E-state index is 0.101. The van der Waals surface area contributed by atoms with Gasteiger partial charge in [0.1, 0.15) is 17.3 Å². The zero-order valence-electron chi connectivity index (χ0n) is 17.6. The lowest BCUT2D eigenvalue weighted by atomic mass is 9.94. The van der Waals surface area contributed by atoms with E-state index in [1.54, 1.807) is 10.3 Å². The molecule has 4 rings (SSSR count). The Balaban J connectivity index is 1.44. The number of rotatable bonds is 5. The molecule has 2 aliphatic heterocycles. The van der Waals surface area contributed by atoms with E-state index in [1.807, 2.05) is 13.0 Å². The number of nitriles is 1. The summed E-state index contributed by atoms with van der Waals surface area (Å²) in [5.41, 5.74) is 1.38. The number of aliphatic hydroxyl groups excluding tert-OH is 1. The molecule has 2 aromatic heterocycles. The van der Waals surface area contributed by atoms with E-state index < -0.39 is 0 Å². The summed E-state index contributed by atoms with van der Waals surface area (Å²) in [5, 5.41) is 24.2. The molecule has 0 aromatic carbocycles. The van der Waals surface area contributed by atoms with Crippen molar-refractivity contribution in [1.82, 2.24) is 24.8 Å². The van der Waals surface area contributed by atoms with Crippen molar-refractivity contribution in [2.75, 3.05) is 38.0 Å². The summed E-state index contributed by atoms with van der Waals surface area (Å²) in [6, 6.07) is 4.18. The number of anilines is 2. The zero-order chi connectivity index (χ0) is 21.8. The highest BCUT2D eigenvalue weighted by Crippen LogP contribution is 2.28. The summed E-state index contributed by atoms with van der Waals surface area (Å²) < 4.78 is 0. The number of hydrogen-bond acceptors (Lipinski definition) is 9. The number of likely N-dealkylation sites (tertiary alicyclic amines) is 2. The van der Waals surface area contributed by atoms with Crippen LogP contribution in [0.1, 0.15) is 53.6 Å². The molecule has 0 unspecified atom stereocenters. The van der Waals surface area contributed by atoms with Crippen LogP contribution in [0, 0.1) is 18.3 Å². The van der Waals surface area contributed by atoms with Gasteiger partial charge in [0.2, 0.25) is 0 Å². The lowest BCUT2D eigenvalue weighted by Crippen LogP contribution is -2.40. The summed E-state index contributed by atoms with van der Waals surface area (Å²) in [6.45, 7) is 5.19. The largest absolute Gasteiger partial charge is 0.393 e. The number of thiazole rings is 1. The van der Waals surface area contributed by atoms with Crippen molar-refractivity contribution >= 4 is 28.2 Å². The number of nitrogens with one attached hydrogen (secondary N) is 1. The first-order valence-corrected chi connectivity index (χ1v) is 11.5. The SMILES string of the molecule is Cc1nc(Nc2nc(C(=O)N3CCC(O)CC3)cs2)cc([C@H]2CCCN(CC#N)C2)n1. The van der Waals surface area contributed by atoms with Crippen LogP contribution in [-0.4, -0.2) is 74.6 Å². The third-order valence-corrected chi connectivity index (χ3v) is 6.54. The smallest absolute Gasteiger partial charge is 0.273 e. The van der Waals surface area contributed by atoms with Crippen molar-refractivity contribution < 1.29 is 9.90 Å². The summed E-state index contributed by atoms with van der Waals surface area (Å²) in [7, 11) is 0. The molecule has 0 bridgehead atoms. The van der Waals surface area contributed by atoms with Gasteiger partial charge >= 0.3 is 0 Å². The molecule has 2 aliphatic rings. The Bertz CT molecular complexity index is 965. The molecule has 10 heteroatoms. The quantitative estimate of drug-likeness (QED) is 0.679. The fraction of sp³-hybridized carbons (Fsp3) is 0.571. The van der Waals surface area contributed by atoms with Crippen LogP contribution in [0.5, 0.6) is 0 Å². The maximum Gasteiger partial charge on any atom is 0.273 e. The van der Waals surface area contributed by atoms with Crippen molar-refractivity contribution in [2.24, 2.45) is 0 Å². The van der Waals surface area contributed by atoms with E-state index in [2.05, 4.69) is 31.2 Å². The van der Waals surface area contributed by atoms with Crippen molar-refractivity contribution in [3.05, 3.63) is 28.7 Å². The topological polar surface area (TPSA) is 118 Å². The normalized spacial score (nSPS) is 20.4. The first kappa shape index (κ1) is 21.6. The van der Waals surface area contributed by atoms with E-state index >= 15 is 0 Å². The lowest BCUT2D eigenvalue weighted by Gasteiger charge is -2.30. The third-order valence-electron chi connectivity index (χ3n) is 5.79. The predicted molar refractivity (Wildman–Crippen MR) is 117 cm³/mol. The summed E-state index contributed by atoms with van der Waals surface area (Å²) in [6.07, 6.45) is 2.98. The van der Waals surface area contributed by atoms with Crippen LogP contribution in [-0.2, 0) is 0 Å². The molecule has 1 amide bonds. The summed E-state index contributed by atoms with van der Waals surface area (Å²) in [4.78, 5) is 30.2. The second-order valence-corrected chi connectivity index (χ2v) is 9.00. The van der Waals surface area contributed by atoms with Crippen LogP contribution in [0.25, 0.3) is 0 Å². The highest BCUT2D eigenvalue weighted by Gasteiger charge is 2.25. The fourth-order valence-corrected chi connectivity index (χ4v) is 4.87. The van der Waals surface area contributed by atoms with E-state index in [0.29, 0.717) is 54.9 Å². The van der Waals surface area contributed by atoms with Crippen LogP contribution in [0.15, 0.2) is 11.4 Å². The fourth-order valence-electron chi connectivity index (χ4n) is 4.17. The number of aromatic nitrogens is 3. The molecule has 2 fully saturated rings. The van der Waals surface area contributed by atoms with Gasteiger partial charge in [-0.3, -0.25) is 9.69 Å². The Morgan fingerprint density at radius 2 is 2.10 bits per heavy atom. The number of carbonyl (C=O) groups excluding carboxylic acids is 1. The van der Waals surface area contributed by atoms with E-state index in [0.717, 1.165) is 31.6 Å². The Labute approximate surface area is 185 Å². The molecule has 164 valence electrons. The highest BCUT2D eigenvalue weighted by atomic mass is 32.1. The van der Waals surface area contributed by atoms with E-state index in [9.17, 15) is 9.90 Å². The number of nitrogens with zero attached hydrogens (tertiary/aromatic N) is 6. The third kappa shape index (κ3) is 5.36. The van der Waals surface area contributed by atoms with Gasteiger partial charge in [0, 0.05) is 37.0 Å². The zero-order valence-corrected chi connectivity index (χ0v) is 18.4. The predicted octanol–water partition coefficient (Wildman–Crippen LogP) is 2.29. The Kier molecular flexibility index (Phi) is 6.75. The minimum Gasteiger partial charge on any atom is -0.393 e. The number of carbonyl (C=O) groups is 1. The number of piperidine rings is 2. The first-order valence-electron chi connectivity index (χ1n) is 10.7. The molecular weight excluding hydrogens is 414 g/mol. The molecule has 2 aromatic rings. The number of aryl methyl sites for hydroxylation is 1. The number of hydrogen-bond donors (Lipinski definition) is 2. The van der Waals surface area contributed by atoms with Crippen molar-refractivity contribution in [3.63, 3.8) is 0 Å². The lowest BCUT2D eigenvalue weighted by molar-refractivity contribution is 0.0542. The first-order chi connectivity index (χ1) is 15.0. The molecule has 0 radical (unpaired) electrons. The van der Waals surface area contributed by atoms with E-state index in [1.165, 1.54) is 11.3 Å². The molecule has 0 aliphatic carbocycles. The second kappa shape index (κ2) is 9.68. The number of amides is 1. The standard InChI is InChI=1S/C21H27N7O2S/c1-14-23-17(15-3-2-7-27(12-15)10-6-22)11-19(24-14)26-21-25-18(13-31-21)20(30)28-8-4-16(29)5-9-28/h11,13,15-16,29H,2-5,7-10,12H2,1H3,(H,23,24,25,26)/t15-/m0/s1. The van der Waals surface area contributed by atoms with Gasteiger partial charge in [-0.1, -0.05) is 0 Å². The van der Waals surface area contributed by atoms with Crippen LogP contribution < -0.4 is 5.32 Å². The molecule has 2 N–H and O–H groups in total. The van der Waals surface area contributed by atoms with Gasteiger partial charge in [-0.05, 0) is 39.2 Å². The minimum atomic E-state index is -0.317. The molecular formula is C21H27N7O2S. The van der Waals surface area contributed by atoms with Gasteiger partial charge in [0.15, 0.2) is 5.13 Å². The Morgan fingerprint density at radius 1 is 1.29 bits per heavy atom. The monoisotopic (exact) mass is 441 g/mol. The van der Waals surface area contributed by atoms with Crippen LogP contribution in [0.2, 0.25) is 0 Å². The van der Waals surface area contributed by atoms with Gasteiger partial charge in [-0.2, -0.15) is 5.26 Å². The van der Waals surface area contributed by atoms with E-state index in [-0.39, 0.29) is 17.9 Å². The van der Waals surface area contributed by atoms with Crippen LogP contribution in [0.4, 0.5) is 10.9 Å². The van der Waals surface area contributed by atoms with Gasteiger partial charge in [-0.25, -0.2) is 15.0 Å². The van der Waals surface area contributed by atoms with Gasteiger partial charge in [0.05, 0.1) is 24.4 Å². The van der Waals surface area contributed by atoms with Gasteiger partial charge < -0.3 is 15.3 Å². The molecule has 0 spiro atoms. The summed E-state index contributed by atoms with van der Waals surface area (Å²) >= 11 is 1.37. The average Bonchev–Trinajstić information content (AvgIpc) is 3.22. The van der Waals surface area contributed by atoms with Crippen molar-refractivity contribution in [1.29, 1.82) is 5.26 Å². The van der Waals surface area contributed by atoms with Crippen LogP contribution in [0.3, 0.4) is 0 Å². The van der Waals surface area contributed by atoms with Gasteiger partial charge in [-0.15, -0.1) is 11.3 Å². The number of aliphatic hydroxyl groups is 1. The molecule has 0 saturated carbocycles. The molecule has 31 heavy (non-hydrogen) atoms. The second-order valence-electron chi connectivity index (χ2n) is 8.14. The van der Waals surface area contributed by atoms with Crippen molar-refractivity contribution in [3.8, 4) is 6.07 Å². The maximum atomic E-state index is 12.7. The molecule has 2 saturated heterocycles. The average molecular weight is 442 g/mol. The Hall–Kier alpha value is -2.61. The highest BCUT2D eigenvalue weighted by molar-refractivity contribution is 7.14. The van der Waals surface area contributed by atoms with Gasteiger partial charge in [0.25, 0.3) is 5.91 Å². The Morgan fingerprint density at radius 3 is 2.87 bits per heavy atom. The summed E-state index contributed by atoms with van der Waals surface area (Å²) in [5.74, 6) is 1.51. The molecule has 1 atom stereocenters. The van der Waals surface area contributed by atoms with Crippen LogP contribution >= 0.6 is 11.3 Å². The molecule has 9 nitrogen and oxygen atoms in total. The maximum absolute atomic E-state index is 12.7. The van der Waals surface area contributed by atoms with E-state index in [4.69, 9.17) is 5.26 Å². The van der Waals surface area contributed by atoms with Crippen molar-refractivity contribution in [2.45, 2.75) is 44.6 Å². The molecule has 4 heterocycles.